The molecule has 0 fully saturated rings. The highest BCUT2D eigenvalue weighted by molar-refractivity contribution is 5.95. The zero-order valence-electron chi connectivity index (χ0n) is 23.1. The lowest BCUT2D eigenvalue weighted by molar-refractivity contribution is 0.0947. The van der Waals surface area contributed by atoms with Gasteiger partial charge in [-0.1, -0.05) is 0 Å². The van der Waals surface area contributed by atoms with E-state index in [9.17, 15) is 19.8 Å². The van der Waals surface area contributed by atoms with Crippen molar-refractivity contribution in [1.82, 2.24) is 10.9 Å². The lowest BCUT2D eigenvalue weighted by atomic mass is 10.1. The van der Waals surface area contributed by atoms with Crippen molar-refractivity contribution >= 4 is 24.2 Å². The molecular weight excluding hydrogens is 520 g/mol. The van der Waals surface area contributed by atoms with Crippen LogP contribution in [0.3, 0.4) is 0 Å². The van der Waals surface area contributed by atoms with Crippen LogP contribution in [0.5, 0.6) is 23.0 Å². The van der Waals surface area contributed by atoms with E-state index in [0.717, 1.165) is 33.4 Å². The molecule has 41 heavy (non-hydrogen) atoms. The smallest absolute Gasteiger partial charge is 0.271 e. The molecule has 0 aliphatic heterocycles. The summed E-state index contributed by atoms with van der Waals surface area (Å²) in [4.78, 5) is 24.9. The quantitative estimate of drug-likeness (QED) is 0.166. The van der Waals surface area contributed by atoms with Gasteiger partial charge in [0.1, 0.15) is 23.0 Å². The van der Waals surface area contributed by atoms with Gasteiger partial charge in [-0.2, -0.15) is 10.2 Å². The second-order valence-corrected chi connectivity index (χ2v) is 9.56. The van der Waals surface area contributed by atoms with Gasteiger partial charge in [-0.3, -0.25) is 9.59 Å². The van der Waals surface area contributed by atoms with Crippen molar-refractivity contribution in [2.75, 3.05) is 0 Å². The molecule has 0 aliphatic rings. The summed E-state index contributed by atoms with van der Waals surface area (Å²) >= 11 is 0. The van der Waals surface area contributed by atoms with Gasteiger partial charge in [-0.15, -0.1) is 0 Å². The highest BCUT2D eigenvalue weighted by Crippen LogP contribution is 2.24. The predicted molar refractivity (Wildman–Crippen MR) is 158 cm³/mol. The van der Waals surface area contributed by atoms with Gasteiger partial charge in [-0.05, 0) is 134 Å². The van der Waals surface area contributed by atoms with E-state index < -0.39 is 0 Å². The van der Waals surface area contributed by atoms with Gasteiger partial charge in [-0.25, -0.2) is 10.9 Å². The summed E-state index contributed by atoms with van der Waals surface area (Å²) < 4.78 is 5.83. The molecule has 0 spiro atoms. The van der Waals surface area contributed by atoms with Gasteiger partial charge in [0.25, 0.3) is 11.8 Å². The number of hydrogen-bond acceptors (Lipinski definition) is 7. The van der Waals surface area contributed by atoms with Crippen LogP contribution in [0, 0.1) is 27.7 Å². The van der Waals surface area contributed by atoms with E-state index in [2.05, 4.69) is 21.1 Å². The molecule has 0 heterocycles. The number of phenolic OH excluding ortho intramolecular Hbond substituents is 2. The minimum atomic E-state index is -0.381. The highest BCUT2D eigenvalue weighted by atomic mass is 16.5. The molecule has 0 aliphatic carbocycles. The van der Waals surface area contributed by atoms with Crippen molar-refractivity contribution in [3.63, 3.8) is 0 Å². The number of nitrogens with zero attached hydrogens (tertiary/aromatic N) is 2. The summed E-state index contributed by atoms with van der Waals surface area (Å²) in [5.41, 5.74) is 10.2. The Balaban J connectivity index is 1.29. The molecule has 4 rings (SSSR count). The average molecular weight is 551 g/mol. The number of carbonyl (C=O) groups is 2. The minimum absolute atomic E-state index is 0.243. The standard InChI is InChI=1S/C32H30N4O5/c1-19-13-23(14-20(2)29(19)37)17-33-35-31(39)25-5-9-27(10-6-25)41-28-11-7-26(8-12-28)32(40)36-34-18-24-15-21(3)30(38)22(4)16-24/h5-18,37-38H,1-4H3,(H,35,39)(H,36,40)/b33-17+,34-18+. The molecule has 208 valence electrons. The molecule has 0 bridgehead atoms. The summed E-state index contributed by atoms with van der Waals surface area (Å²) in [5, 5.41) is 27.7. The lowest BCUT2D eigenvalue weighted by Crippen LogP contribution is -2.17. The minimum Gasteiger partial charge on any atom is -0.507 e. The van der Waals surface area contributed by atoms with Crippen LogP contribution in [0.1, 0.15) is 54.1 Å². The molecule has 4 N–H and O–H groups in total. The van der Waals surface area contributed by atoms with Crippen LogP contribution < -0.4 is 15.6 Å². The first-order valence-electron chi connectivity index (χ1n) is 12.8. The Hall–Kier alpha value is -5.44. The van der Waals surface area contributed by atoms with E-state index in [-0.39, 0.29) is 23.3 Å². The molecule has 4 aromatic carbocycles. The molecule has 9 heteroatoms. The highest BCUT2D eigenvalue weighted by Gasteiger charge is 2.08. The largest absolute Gasteiger partial charge is 0.507 e. The number of aryl methyl sites for hydroxylation is 4. The van der Waals surface area contributed by atoms with E-state index in [1.54, 1.807) is 100 Å². The predicted octanol–water partition coefficient (Wildman–Crippen LogP) is 5.65. The normalized spacial score (nSPS) is 11.1. The maximum atomic E-state index is 12.4. The first-order valence-corrected chi connectivity index (χ1v) is 12.8. The third-order valence-corrected chi connectivity index (χ3v) is 6.25. The van der Waals surface area contributed by atoms with Crippen LogP contribution in [0.2, 0.25) is 0 Å². The fourth-order valence-electron chi connectivity index (χ4n) is 4.07. The van der Waals surface area contributed by atoms with E-state index in [1.807, 2.05) is 0 Å². The molecule has 0 unspecified atom stereocenters. The SMILES string of the molecule is Cc1cc(/C=N/NC(=O)c2ccc(Oc3ccc(C(=O)N/N=C/c4cc(C)c(O)c(C)c4)cc3)cc2)cc(C)c1O. The first kappa shape index (κ1) is 28.6. The molecule has 9 nitrogen and oxygen atoms in total. The zero-order chi connectivity index (χ0) is 29.5. The van der Waals surface area contributed by atoms with E-state index in [1.165, 1.54) is 12.4 Å². The van der Waals surface area contributed by atoms with Crippen LogP contribution in [-0.2, 0) is 0 Å². The second-order valence-electron chi connectivity index (χ2n) is 9.56. The number of ether oxygens (including phenoxy) is 1. The Morgan fingerprint density at radius 1 is 0.610 bits per heavy atom. The van der Waals surface area contributed by atoms with Gasteiger partial charge in [0.2, 0.25) is 0 Å². The van der Waals surface area contributed by atoms with Gasteiger partial charge >= 0.3 is 0 Å². The average Bonchev–Trinajstić information content (AvgIpc) is 2.95. The maximum absolute atomic E-state index is 12.4. The van der Waals surface area contributed by atoms with Gasteiger partial charge in [0.15, 0.2) is 0 Å². The van der Waals surface area contributed by atoms with Crippen LogP contribution in [-0.4, -0.2) is 34.5 Å². The summed E-state index contributed by atoms with van der Waals surface area (Å²) in [6, 6.07) is 20.2. The number of phenols is 2. The number of benzene rings is 4. The number of aromatic hydroxyl groups is 2. The van der Waals surface area contributed by atoms with Crippen molar-refractivity contribution in [1.29, 1.82) is 0 Å². The third kappa shape index (κ3) is 7.36. The Bertz CT molecular complexity index is 1470. The van der Waals surface area contributed by atoms with Crippen LogP contribution >= 0.6 is 0 Å². The molecule has 2 amide bonds. The van der Waals surface area contributed by atoms with Gasteiger partial charge < -0.3 is 14.9 Å². The van der Waals surface area contributed by atoms with Gasteiger partial charge in [0, 0.05) is 11.1 Å². The number of carbonyl (C=O) groups excluding carboxylic acids is 2. The van der Waals surface area contributed by atoms with Gasteiger partial charge in [0.05, 0.1) is 12.4 Å². The maximum Gasteiger partial charge on any atom is 0.271 e. The van der Waals surface area contributed by atoms with Crippen molar-refractivity contribution in [2.24, 2.45) is 10.2 Å². The van der Waals surface area contributed by atoms with Crippen molar-refractivity contribution in [2.45, 2.75) is 27.7 Å². The van der Waals surface area contributed by atoms with Crippen LogP contribution in [0.25, 0.3) is 0 Å². The fourth-order valence-corrected chi connectivity index (χ4v) is 4.07. The molecule has 0 saturated heterocycles. The first-order chi connectivity index (χ1) is 19.6. The lowest BCUT2D eigenvalue weighted by Gasteiger charge is -2.08. The molecule has 0 atom stereocenters. The number of amides is 2. The van der Waals surface area contributed by atoms with E-state index in [0.29, 0.717) is 22.6 Å². The molecule has 4 aromatic rings. The van der Waals surface area contributed by atoms with E-state index >= 15 is 0 Å². The van der Waals surface area contributed by atoms with Crippen molar-refractivity contribution in [3.05, 3.63) is 117 Å². The molecular formula is C32H30N4O5. The monoisotopic (exact) mass is 550 g/mol. The van der Waals surface area contributed by atoms with Crippen molar-refractivity contribution in [3.8, 4) is 23.0 Å². The number of rotatable bonds is 8. The number of hydrazone groups is 2. The summed E-state index contributed by atoms with van der Waals surface area (Å²) in [7, 11) is 0. The molecule has 0 saturated carbocycles. The van der Waals surface area contributed by atoms with Crippen LogP contribution in [0.4, 0.5) is 0 Å². The fraction of sp³-hybridized carbons (Fsp3) is 0.125. The second kappa shape index (κ2) is 12.6. The summed E-state index contributed by atoms with van der Waals surface area (Å²) in [6.07, 6.45) is 3.03. The summed E-state index contributed by atoms with van der Waals surface area (Å²) in [5.74, 6) is 0.756. The Morgan fingerprint density at radius 3 is 1.24 bits per heavy atom. The molecule has 0 aromatic heterocycles. The van der Waals surface area contributed by atoms with E-state index in [4.69, 9.17) is 4.74 Å². The Morgan fingerprint density at radius 2 is 0.927 bits per heavy atom. The number of hydrogen-bond donors (Lipinski definition) is 4. The topological polar surface area (TPSA) is 133 Å². The number of nitrogens with one attached hydrogen (secondary N) is 2. The third-order valence-electron chi connectivity index (χ3n) is 6.25. The summed E-state index contributed by atoms with van der Waals surface area (Å²) in [6.45, 7) is 7.19. The Kier molecular flexibility index (Phi) is 8.79. The van der Waals surface area contributed by atoms with Crippen LogP contribution in [0.15, 0.2) is 83.0 Å². The van der Waals surface area contributed by atoms with Crippen molar-refractivity contribution < 1.29 is 24.5 Å². The molecule has 0 radical (unpaired) electrons. The zero-order valence-corrected chi connectivity index (χ0v) is 23.1. The Labute approximate surface area is 237 Å².